The molecule has 8 heteroatoms. The molecular formula is C22H22N2O6. The topological polar surface area (TPSA) is 103 Å². The molecule has 0 saturated carbocycles. The van der Waals surface area contributed by atoms with Crippen LogP contribution in [0.4, 0.5) is 4.79 Å². The summed E-state index contributed by atoms with van der Waals surface area (Å²) < 4.78 is 15.6. The lowest BCUT2D eigenvalue weighted by atomic mass is 9.95. The molecule has 1 heterocycles. The van der Waals surface area contributed by atoms with Crippen LogP contribution in [-0.4, -0.2) is 38.3 Å². The van der Waals surface area contributed by atoms with E-state index in [2.05, 4.69) is 10.6 Å². The van der Waals surface area contributed by atoms with Crippen LogP contribution < -0.4 is 15.4 Å². The molecule has 0 fully saturated rings. The molecule has 0 saturated heterocycles. The lowest BCUT2D eigenvalue weighted by Gasteiger charge is -2.29. The quantitative estimate of drug-likeness (QED) is 0.681. The molecule has 2 aromatic carbocycles. The molecule has 1 aliphatic heterocycles. The van der Waals surface area contributed by atoms with E-state index in [1.165, 1.54) is 7.11 Å². The monoisotopic (exact) mass is 410 g/mol. The van der Waals surface area contributed by atoms with Crippen molar-refractivity contribution in [1.82, 2.24) is 10.6 Å². The average Bonchev–Trinajstić information content (AvgIpc) is 2.77. The minimum atomic E-state index is -0.728. The zero-order valence-electron chi connectivity index (χ0n) is 16.6. The van der Waals surface area contributed by atoms with Gasteiger partial charge in [0.2, 0.25) is 0 Å². The highest BCUT2D eigenvalue weighted by Crippen LogP contribution is 2.28. The van der Waals surface area contributed by atoms with Crippen LogP contribution in [0.15, 0.2) is 65.9 Å². The molecule has 2 N–H and O–H groups in total. The summed E-state index contributed by atoms with van der Waals surface area (Å²) in [5, 5.41) is 5.28. The predicted molar refractivity (Wildman–Crippen MR) is 108 cm³/mol. The first kappa shape index (κ1) is 20.9. The summed E-state index contributed by atoms with van der Waals surface area (Å²) in [5.41, 5.74) is 1.38. The van der Waals surface area contributed by atoms with Crippen LogP contribution in [0.1, 0.15) is 28.9 Å². The minimum Gasteiger partial charge on any atom is -0.497 e. The fraction of sp³-hybridized carbons (Fsp3) is 0.227. The molecule has 0 spiro atoms. The molecular weight excluding hydrogens is 388 g/mol. The van der Waals surface area contributed by atoms with E-state index in [9.17, 15) is 14.4 Å². The Bertz CT molecular complexity index is 953. The molecule has 0 aromatic heterocycles. The third kappa shape index (κ3) is 4.78. The van der Waals surface area contributed by atoms with E-state index in [4.69, 9.17) is 14.2 Å². The Morgan fingerprint density at radius 3 is 2.30 bits per heavy atom. The van der Waals surface area contributed by atoms with Crippen molar-refractivity contribution < 1.29 is 28.6 Å². The van der Waals surface area contributed by atoms with Gasteiger partial charge in [-0.3, -0.25) is 0 Å². The first-order chi connectivity index (χ1) is 14.5. The number of hydrogen-bond acceptors (Lipinski definition) is 6. The lowest BCUT2D eigenvalue weighted by Crippen LogP contribution is -2.47. The predicted octanol–water partition coefficient (Wildman–Crippen LogP) is 2.72. The molecule has 0 radical (unpaired) electrons. The summed E-state index contributed by atoms with van der Waals surface area (Å²) in [6, 6.07) is 14.2. The smallest absolute Gasteiger partial charge is 0.338 e. The van der Waals surface area contributed by atoms with Gasteiger partial charge in [-0.25, -0.2) is 14.4 Å². The van der Waals surface area contributed by atoms with E-state index >= 15 is 0 Å². The normalized spacial score (nSPS) is 15.7. The third-order valence-corrected chi connectivity index (χ3v) is 4.46. The van der Waals surface area contributed by atoms with Gasteiger partial charge in [0.15, 0.2) is 0 Å². The first-order valence-corrected chi connectivity index (χ1v) is 9.37. The molecule has 156 valence electrons. The Hall–Kier alpha value is -3.81. The van der Waals surface area contributed by atoms with Gasteiger partial charge in [-0.05, 0) is 36.8 Å². The van der Waals surface area contributed by atoms with E-state index in [-0.39, 0.29) is 24.5 Å². The fourth-order valence-electron chi connectivity index (χ4n) is 3.03. The second-order valence-electron chi connectivity index (χ2n) is 6.36. The molecule has 2 aromatic rings. The molecule has 1 aliphatic rings. The van der Waals surface area contributed by atoms with Crippen LogP contribution in [-0.2, 0) is 14.3 Å². The maximum Gasteiger partial charge on any atom is 0.338 e. The van der Waals surface area contributed by atoms with Crippen molar-refractivity contribution in [3.05, 3.63) is 77.0 Å². The summed E-state index contributed by atoms with van der Waals surface area (Å²) in [6.45, 7) is 1.56. The Balaban J connectivity index is 1.87. The Kier molecular flexibility index (Phi) is 6.69. The maximum absolute atomic E-state index is 12.7. The Labute approximate surface area is 173 Å². The van der Waals surface area contributed by atoms with Gasteiger partial charge in [0.05, 0.1) is 36.6 Å². The Morgan fingerprint density at radius 2 is 1.67 bits per heavy atom. The fourth-order valence-corrected chi connectivity index (χ4v) is 3.03. The minimum absolute atomic E-state index is 0.163. The van der Waals surface area contributed by atoms with Crippen LogP contribution in [0.3, 0.4) is 0 Å². The standard InChI is InChI=1S/C22H22N2O6/c1-3-29-21(26)18-17(13-30-20(25)15-9-11-16(28-2)12-10-15)23-22(27)24-19(18)14-7-5-4-6-8-14/h4-12,19H,3,13H2,1-2H3,(H2,23,24,27)/t19-/m1/s1. The number of hydrogen-bond donors (Lipinski definition) is 2. The van der Waals surface area contributed by atoms with Crippen molar-refractivity contribution in [1.29, 1.82) is 0 Å². The zero-order valence-corrected chi connectivity index (χ0v) is 16.6. The molecule has 0 bridgehead atoms. The van der Waals surface area contributed by atoms with Crippen LogP contribution >= 0.6 is 0 Å². The maximum atomic E-state index is 12.7. The van der Waals surface area contributed by atoms with Gasteiger partial charge < -0.3 is 24.8 Å². The molecule has 0 unspecified atom stereocenters. The second kappa shape index (κ2) is 9.60. The summed E-state index contributed by atoms with van der Waals surface area (Å²) in [4.78, 5) is 37.3. The van der Waals surface area contributed by atoms with E-state index < -0.39 is 24.0 Å². The van der Waals surface area contributed by atoms with Crippen molar-refractivity contribution in [2.45, 2.75) is 13.0 Å². The van der Waals surface area contributed by atoms with Gasteiger partial charge in [0.25, 0.3) is 0 Å². The third-order valence-electron chi connectivity index (χ3n) is 4.46. The summed E-state index contributed by atoms with van der Waals surface area (Å²) in [7, 11) is 1.53. The van der Waals surface area contributed by atoms with E-state index in [1.807, 2.05) is 6.07 Å². The molecule has 1 atom stereocenters. The highest BCUT2D eigenvalue weighted by molar-refractivity contribution is 5.95. The first-order valence-electron chi connectivity index (χ1n) is 9.37. The van der Waals surface area contributed by atoms with E-state index in [0.717, 1.165) is 0 Å². The molecule has 3 rings (SSSR count). The van der Waals surface area contributed by atoms with Crippen LogP contribution in [0.5, 0.6) is 5.75 Å². The van der Waals surface area contributed by atoms with Gasteiger partial charge in [-0.1, -0.05) is 30.3 Å². The zero-order chi connectivity index (χ0) is 21.5. The van der Waals surface area contributed by atoms with Gasteiger partial charge >= 0.3 is 18.0 Å². The van der Waals surface area contributed by atoms with E-state index in [1.54, 1.807) is 55.5 Å². The number of urea groups is 1. The SMILES string of the molecule is CCOC(=O)C1=C(COC(=O)c2ccc(OC)cc2)NC(=O)N[C@@H]1c1ccccc1. The number of benzene rings is 2. The van der Waals surface area contributed by atoms with Crippen molar-refractivity contribution >= 4 is 18.0 Å². The number of ether oxygens (including phenoxy) is 3. The number of esters is 2. The van der Waals surface area contributed by atoms with Gasteiger partial charge in [-0.15, -0.1) is 0 Å². The van der Waals surface area contributed by atoms with Crippen molar-refractivity contribution in [3.8, 4) is 5.75 Å². The van der Waals surface area contributed by atoms with Crippen molar-refractivity contribution in [2.24, 2.45) is 0 Å². The number of carbonyl (C=O) groups excluding carboxylic acids is 3. The summed E-state index contributed by atoms with van der Waals surface area (Å²) >= 11 is 0. The largest absolute Gasteiger partial charge is 0.497 e. The van der Waals surface area contributed by atoms with Crippen molar-refractivity contribution in [3.63, 3.8) is 0 Å². The number of nitrogens with one attached hydrogen (secondary N) is 2. The number of methoxy groups -OCH3 is 1. The molecule has 30 heavy (non-hydrogen) atoms. The number of rotatable bonds is 7. The molecule has 2 amide bonds. The lowest BCUT2D eigenvalue weighted by molar-refractivity contribution is -0.139. The van der Waals surface area contributed by atoms with E-state index in [0.29, 0.717) is 16.9 Å². The summed E-state index contributed by atoms with van der Waals surface area (Å²) in [6.07, 6.45) is 0. The van der Waals surface area contributed by atoms with Crippen LogP contribution in [0.2, 0.25) is 0 Å². The summed E-state index contributed by atoms with van der Waals surface area (Å²) in [5.74, 6) is -0.595. The van der Waals surface area contributed by atoms with Crippen molar-refractivity contribution in [2.75, 3.05) is 20.3 Å². The second-order valence-corrected chi connectivity index (χ2v) is 6.36. The average molecular weight is 410 g/mol. The highest BCUT2D eigenvalue weighted by atomic mass is 16.5. The van der Waals surface area contributed by atoms with Crippen LogP contribution in [0, 0.1) is 0 Å². The molecule has 0 aliphatic carbocycles. The highest BCUT2D eigenvalue weighted by Gasteiger charge is 2.34. The Morgan fingerprint density at radius 1 is 0.967 bits per heavy atom. The number of amides is 2. The van der Waals surface area contributed by atoms with Gasteiger partial charge in [-0.2, -0.15) is 0 Å². The van der Waals surface area contributed by atoms with Crippen LogP contribution in [0.25, 0.3) is 0 Å². The molecule has 8 nitrogen and oxygen atoms in total. The van der Waals surface area contributed by atoms with Gasteiger partial charge in [0.1, 0.15) is 12.4 Å². The number of carbonyl (C=O) groups is 3. The van der Waals surface area contributed by atoms with Gasteiger partial charge in [0, 0.05) is 0 Å².